The molecular weight excluding hydrogens is 200 g/mol. The Bertz CT molecular complexity index is 396. The van der Waals surface area contributed by atoms with Gasteiger partial charge in [-0.05, 0) is 17.7 Å². The number of halogens is 1. The minimum atomic E-state index is -0.412. The molecule has 1 rings (SSSR count). The Hall–Kier alpha value is -1.53. The van der Waals surface area contributed by atoms with Crippen LogP contribution in [0.1, 0.15) is 17.5 Å². The largest absolute Gasteiger partial charge is 0.370 e. The molecule has 1 aromatic rings. The van der Waals surface area contributed by atoms with Crippen LogP contribution < -0.4 is 5.73 Å². The first-order valence-corrected chi connectivity index (χ1v) is 4.32. The summed E-state index contributed by atoms with van der Waals surface area (Å²) in [5.74, 6) is -0.412. The highest BCUT2D eigenvalue weighted by Gasteiger charge is 2.03. The Balaban J connectivity index is 2.80. The third kappa shape index (κ3) is 2.75. The van der Waals surface area contributed by atoms with Crippen LogP contribution in [0.4, 0.5) is 0 Å². The van der Waals surface area contributed by atoms with Gasteiger partial charge in [0.05, 0.1) is 11.6 Å². The fraction of sp³-hybridized carbons (Fsp3) is 0.100. The quantitative estimate of drug-likeness (QED) is 0.819. The van der Waals surface area contributed by atoms with E-state index in [1.165, 1.54) is 0 Å². The Morgan fingerprint density at radius 3 is 2.86 bits per heavy atom. The van der Waals surface area contributed by atoms with Crippen molar-refractivity contribution in [2.75, 3.05) is 0 Å². The maximum Gasteiger partial charge on any atom is 0.218 e. The molecular formula is C10H8ClN2O. The summed E-state index contributed by atoms with van der Waals surface area (Å²) in [4.78, 5) is 10.5. The molecule has 0 aliphatic heterocycles. The van der Waals surface area contributed by atoms with E-state index in [1.54, 1.807) is 24.6 Å². The first kappa shape index (κ1) is 10.6. The third-order valence-electron chi connectivity index (χ3n) is 1.65. The smallest absolute Gasteiger partial charge is 0.218 e. The van der Waals surface area contributed by atoms with Gasteiger partial charge in [-0.15, -0.1) is 0 Å². The second kappa shape index (κ2) is 4.64. The molecule has 3 nitrogen and oxygen atoms in total. The highest BCUT2D eigenvalue weighted by atomic mass is 35.5. The molecule has 1 amide bonds. The molecule has 0 fully saturated rings. The normalized spacial score (nSPS) is 9.43. The minimum Gasteiger partial charge on any atom is -0.370 e. The lowest BCUT2D eigenvalue weighted by Gasteiger charge is -2.01. The van der Waals surface area contributed by atoms with E-state index in [0.717, 1.165) is 0 Å². The molecule has 1 aromatic carbocycles. The van der Waals surface area contributed by atoms with Crippen molar-refractivity contribution >= 4 is 17.5 Å². The molecule has 0 saturated heterocycles. The summed E-state index contributed by atoms with van der Waals surface area (Å²) in [7, 11) is 0. The summed E-state index contributed by atoms with van der Waals surface area (Å²) in [6.45, 7) is 0. The predicted molar refractivity (Wildman–Crippen MR) is 53.4 cm³/mol. The zero-order chi connectivity index (χ0) is 10.6. The number of benzene rings is 1. The number of nitrogens with two attached hydrogens (primary N) is 1. The van der Waals surface area contributed by atoms with E-state index < -0.39 is 5.91 Å². The zero-order valence-electron chi connectivity index (χ0n) is 7.33. The number of primary amides is 1. The van der Waals surface area contributed by atoms with Crippen molar-refractivity contribution in [2.45, 2.75) is 6.42 Å². The fourth-order valence-corrected chi connectivity index (χ4v) is 1.23. The van der Waals surface area contributed by atoms with Crippen molar-refractivity contribution in [1.29, 1.82) is 5.26 Å². The van der Waals surface area contributed by atoms with Gasteiger partial charge in [0.1, 0.15) is 0 Å². The van der Waals surface area contributed by atoms with E-state index in [1.807, 2.05) is 6.07 Å². The van der Waals surface area contributed by atoms with E-state index in [2.05, 4.69) is 0 Å². The van der Waals surface area contributed by atoms with Crippen LogP contribution in [-0.2, 0) is 4.79 Å². The van der Waals surface area contributed by atoms with Gasteiger partial charge in [-0.3, -0.25) is 4.79 Å². The number of hydrogen-bond acceptors (Lipinski definition) is 2. The van der Waals surface area contributed by atoms with Gasteiger partial charge in [0.2, 0.25) is 5.91 Å². The van der Waals surface area contributed by atoms with E-state index >= 15 is 0 Å². The number of amides is 1. The van der Waals surface area contributed by atoms with Crippen LogP contribution in [0.5, 0.6) is 0 Å². The van der Waals surface area contributed by atoms with Gasteiger partial charge in [-0.2, -0.15) is 5.26 Å². The predicted octanol–water partition coefficient (Wildman–Crippen LogP) is 1.64. The number of carbonyl (C=O) groups excluding carboxylic acids is 1. The van der Waals surface area contributed by atoms with Gasteiger partial charge in [0.15, 0.2) is 0 Å². The first-order chi connectivity index (χ1) is 6.63. The number of hydrogen-bond donors (Lipinski definition) is 1. The molecule has 0 saturated carbocycles. The molecule has 0 bridgehead atoms. The fourth-order valence-electron chi connectivity index (χ4n) is 0.973. The third-order valence-corrected chi connectivity index (χ3v) is 1.98. The van der Waals surface area contributed by atoms with Gasteiger partial charge < -0.3 is 5.73 Å². The maximum absolute atomic E-state index is 10.5. The summed E-state index contributed by atoms with van der Waals surface area (Å²) >= 11 is 5.86. The van der Waals surface area contributed by atoms with Crippen molar-refractivity contribution < 1.29 is 4.79 Å². The highest BCUT2D eigenvalue weighted by Crippen LogP contribution is 2.19. The van der Waals surface area contributed by atoms with Crippen molar-refractivity contribution in [3.8, 4) is 6.07 Å². The van der Waals surface area contributed by atoms with Crippen molar-refractivity contribution in [3.63, 3.8) is 0 Å². The molecule has 2 N–H and O–H groups in total. The molecule has 4 heteroatoms. The van der Waals surface area contributed by atoms with Gasteiger partial charge >= 0.3 is 0 Å². The van der Waals surface area contributed by atoms with Crippen LogP contribution in [0.3, 0.4) is 0 Å². The highest BCUT2D eigenvalue weighted by molar-refractivity contribution is 6.31. The standard InChI is InChI=1S/C10H8ClN2O/c11-9-5-7(6-12)1-2-8(9)3-4-10(13)14/h1-3,5H,4H2,(H2,13,14). The monoisotopic (exact) mass is 207 g/mol. The molecule has 0 unspecified atom stereocenters. The van der Waals surface area contributed by atoms with Crippen molar-refractivity contribution in [2.24, 2.45) is 5.73 Å². The average Bonchev–Trinajstić information content (AvgIpc) is 2.15. The lowest BCUT2D eigenvalue weighted by Crippen LogP contribution is -2.10. The molecule has 0 aliphatic carbocycles. The second-order valence-corrected chi connectivity index (χ2v) is 3.13. The van der Waals surface area contributed by atoms with E-state index in [-0.39, 0.29) is 6.42 Å². The zero-order valence-corrected chi connectivity index (χ0v) is 8.08. The summed E-state index contributed by atoms with van der Waals surface area (Å²) in [5, 5.41) is 9.03. The summed E-state index contributed by atoms with van der Waals surface area (Å²) in [5.41, 5.74) is 6.19. The second-order valence-electron chi connectivity index (χ2n) is 2.72. The Morgan fingerprint density at radius 2 is 2.36 bits per heavy atom. The van der Waals surface area contributed by atoms with Crippen molar-refractivity contribution in [1.82, 2.24) is 0 Å². The maximum atomic E-state index is 10.5. The van der Waals surface area contributed by atoms with Gasteiger partial charge in [-0.25, -0.2) is 0 Å². The molecule has 0 heterocycles. The van der Waals surface area contributed by atoms with Crippen LogP contribution in [0.2, 0.25) is 5.02 Å². The molecule has 0 spiro atoms. The van der Waals surface area contributed by atoms with Crippen molar-refractivity contribution in [3.05, 3.63) is 40.8 Å². The average molecular weight is 208 g/mol. The van der Waals surface area contributed by atoms with Gasteiger partial charge in [0, 0.05) is 17.9 Å². The van der Waals surface area contributed by atoms with Gasteiger partial charge in [-0.1, -0.05) is 17.7 Å². The summed E-state index contributed by atoms with van der Waals surface area (Å²) in [6, 6.07) is 6.84. The minimum absolute atomic E-state index is 0.144. The molecule has 1 radical (unpaired) electrons. The number of nitriles is 1. The SMILES string of the molecule is N#Cc1ccc([CH]CC(N)=O)c(Cl)c1. The van der Waals surface area contributed by atoms with E-state index in [0.29, 0.717) is 16.1 Å². The molecule has 0 atom stereocenters. The van der Waals surface area contributed by atoms with Gasteiger partial charge in [0.25, 0.3) is 0 Å². The topological polar surface area (TPSA) is 66.9 Å². The molecule has 14 heavy (non-hydrogen) atoms. The molecule has 0 aromatic heterocycles. The number of rotatable bonds is 3. The number of carbonyl (C=O) groups is 1. The van der Waals surface area contributed by atoms with E-state index in [9.17, 15) is 4.79 Å². The molecule has 0 aliphatic rings. The number of nitrogens with zero attached hydrogens (tertiary/aromatic N) is 1. The first-order valence-electron chi connectivity index (χ1n) is 3.94. The van der Waals surface area contributed by atoms with Crippen LogP contribution in [-0.4, -0.2) is 5.91 Å². The Kier molecular flexibility index (Phi) is 3.49. The Morgan fingerprint density at radius 1 is 1.64 bits per heavy atom. The van der Waals surface area contributed by atoms with E-state index in [4.69, 9.17) is 22.6 Å². The lowest BCUT2D eigenvalue weighted by atomic mass is 10.1. The lowest BCUT2D eigenvalue weighted by molar-refractivity contribution is -0.117. The molecule has 71 valence electrons. The van der Waals surface area contributed by atoms with Crippen LogP contribution in [0.25, 0.3) is 0 Å². The van der Waals surface area contributed by atoms with Crippen LogP contribution in [0.15, 0.2) is 18.2 Å². The Labute approximate surface area is 87.1 Å². The van der Waals surface area contributed by atoms with Crippen LogP contribution in [0, 0.1) is 17.8 Å². The summed E-state index contributed by atoms with van der Waals surface area (Å²) in [6.07, 6.45) is 1.78. The summed E-state index contributed by atoms with van der Waals surface area (Å²) < 4.78 is 0. The van der Waals surface area contributed by atoms with Crippen LogP contribution >= 0.6 is 11.6 Å².